The summed E-state index contributed by atoms with van der Waals surface area (Å²) in [5.41, 5.74) is -0.384. The molecule has 9 nitrogen and oxygen atoms in total. The van der Waals surface area contributed by atoms with Crippen molar-refractivity contribution in [2.75, 3.05) is 37.7 Å². The Kier molecular flexibility index (Phi) is 5.20. The first-order valence-corrected chi connectivity index (χ1v) is 7.91. The van der Waals surface area contributed by atoms with E-state index < -0.39 is 17.3 Å². The molecule has 0 spiro atoms. The number of nitro benzene ring substituents is 1. The van der Waals surface area contributed by atoms with E-state index in [0.717, 1.165) is 18.2 Å². The highest BCUT2D eigenvalue weighted by atomic mass is 19.1. The van der Waals surface area contributed by atoms with Crippen LogP contribution in [0.1, 0.15) is 0 Å². The molecule has 2 aromatic rings. The zero-order chi connectivity index (χ0) is 18.5. The minimum atomic E-state index is -0.683. The smallest absolute Gasteiger partial charge is 0.311 e. The van der Waals surface area contributed by atoms with Gasteiger partial charge in [0.1, 0.15) is 5.82 Å². The summed E-state index contributed by atoms with van der Waals surface area (Å²) in [6.07, 6.45) is 3.30. The summed E-state index contributed by atoms with van der Waals surface area (Å²) in [5, 5.41) is 10.9. The monoisotopic (exact) mass is 361 g/mol. The minimum Gasteiger partial charge on any atom is -0.477 e. The quantitative estimate of drug-likeness (QED) is 0.583. The zero-order valence-electron chi connectivity index (χ0n) is 13.7. The molecule has 0 saturated carbocycles. The molecular weight excluding hydrogens is 345 g/mol. The molecule has 136 valence electrons. The number of carbonyl (C=O) groups is 1. The van der Waals surface area contributed by atoms with Crippen molar-refractivity contribution >= 4 is 17.5 Å². The lowest BCUT2D eigenvalue weighted by atomic mass is 10.3. The minimum absolute atomic E-state index is 0.264. The van der Waals surface area contributed by atoms with Gasteiger partial charge in [-0.25, -0.2) is 14.4 Å². The van der Waals surface area contributed by atoms with E-state index >= 15 is 0 Å². The third-order valence-corrected chi connectivity index (χ3v) is 3.94. The molecule has 1 fully saturated rings. The Hall–Kier alpha value is -3.30. The number of hydrogen-bond acceptors (Lipinski definition) is 7. The molecule has 0 N–H and O–H groups in total. The Morgan fingerprint density at radius 2 is 1.92 bits per heavy atom. The fourth-order valence-electron chi connectivity index (χ4n) is 2.60. The van der Waals surface area contributed by atoms with Gasteiger partial charge in [-0.15, -0.1) is 0 Å². The maximum atomic E-state index is 13.3. The van der Waals surface area contributed by atoms with E-state index in [1.807, 2.05) is 4.90 Å². The number of aromatic nitrogens is 2. The number of anilines is 1. The number of hydrogen-bond donors (Lipinski definition) is 0. The Balaban J connectivity index is 1.55. The summed E-state index contributed by atoms with van der Waals surface area (Å²) in [5.74, 6) is -0.655. The van der Waals surface area contributed by atoms with Crippen LogP contribution in [0.3, 0.4) is 0 Å². The number of nitrogens with zero attached hydrogens (tertiary/aromatic N) is 5. The van der Waals surface area contributed by atoms with Crippen LogP contribution >= 0.6 is 0 Å². The predicted octanol–water partition coefficient (Wildman–Crippen LogP) is 1.25. The number of nitro groups is 1. The molecule has 1 aromatic carbocycles. The number of halogens is 1. The normalized spacial score (nSPS) is 14.2. The molecule has 1 amide bonds. The van der Waals surface area contributed by atoms with E-state index in [9.17, 15) is 19.3 Å². The maximum absolute atomic E-state index is 13.3. The van der Waals surface area contributed by atoms with Crippen molar-refractivity contribution in [2.45, 2.75) is 0 Å². The van der Waals surface area contributed by atoms with Crippen molar-refractivity contribution in [3.05, 3.63) is 52.6 Å². The number of ether oxygens (including phenoxy) is 1. The number of carbonyl (C=O) groups excluding carboxylic acids is 1. The zero-order valence-corrected chi connectivity index (χ0v) is 13.7. The van der Waals surface area contributed by atoms with Gasteiger partial charge in [-0.1, -0.05) is 0 Å². The van der Waals surface area contributed by atoms with Crippen LogP contribution < -0.4 is 9.64 Å². The van der Waals surface area contributed by atoms with E-state index in [0.29, 0.717) is 32.1 Å². The second-order valence-electron chi connectivity index (χ2n) is 5.57. The summed E-state index contributed by atoms with van der Waals surface area (Å²) in [6, 6.07) is 4.60. The van der Waals surface area contributed by atoms with Gasteiger partial charge in [-0.2, -0.15) is 0 Å². The number of amides is 1. The summed E-state index contributed by atoms with van der Waals surface area (Å²) < 4.78 is 18.5. The molecule has 1 aromatic heterocycles. The fourth-order valence-corrected chi connectivity index (χ4v) is 2.60. The van der Waals surface area contributed by atoms with Crippen molar-refractivity contribution in [1.82, 2.24) is 14.9 Å². The third kappa shape index (κ3) is 4.02. The van der Waals surface area contributed by atoms with Crippen molar-refractivity contribution in [3.8, 4) is 5.75 Å². The maximum Gasteiger partial charge on any atom is 0.311 e. The van der Waals surface area contributed by atoms with Gasteiger partial charge < -0.3 is 14.5 Å². The second kappa shape index (κ2) is 7.72. The molecule has 0 unspecified atom stereocenters. The first kappa shape index (κ1) is 17.5. The number of benzene rings is 1. The van der Waals surface area contributed by atoms with Crippen LogP contribution in [0.5, 0.6) is 5.75 Å². The van der Waals surface area contributed by atoms with Crippen LogP contribution in [0.2, 0.25) is 0 Å². The fraction of sp³-hybridized carbons (Fsp3) is 0.312. The van der Waals surface area contributed by atoms with Gasteiger partial charge in [-0.05, 0) is 12.1 Å². The molecule has 0 bridgehead atoms. The SMILES string of the molecule is O=C(COc1cc(F)ccc1[N+](=O)[O-])N1CCN(c2ncccn2)CC1. The van der Waals surface area contributed by atoms with E-state index in [2.05, 4.69) is 9.97 Å². The molecule has 0 aliphatic carbocycles. The first-order valence-electron chi connectivity index (χ1n) is 7.91. The third-order valence-electron chi connectivity index (χ3n) is 3.94. The van der Waals surface area contributed by atoms with Crippen molar-refractivity contribution < 1.29 is 18.8 Å². The highest BCUT2D eigenvalue weighted by Gasteiger charge is 2.24. The summed E-state index contributed by atoms with van der Waals surface area (Å²) >= 11 is 0. The highest BCUT2D eigenvalue weighted by molar-refractivity contribution is 5.78. The van der Waals surface area contributed by atoms with E-state index in [4.69, 9.17) is 4.74 Å². The molecule has 3 rings (SSSR count). The Morgan fingerprint density at radius 1 is 1.23 bits per heavy atom. The van der Waals surface area contributed by atoms with Crippen LogP contribution in [0.4, 0.5) is 16.0 Å². The van der Waals surface area contributed by atoms with Crippen molar-refractivity contribution in [1.29, 1.82) is 0 Å². The summed E-state index contributed by atoms with van der Waals surface area (Å²) in [4.78, 5) is 34.4. The van der Waals surface area contributed by atoms with Gasteiger partial charge in [0, 0.05) is 50.7 Å². The van der Waals surface area contributed by atoms with Gasteiger partial charge in [0.25, 0.3) is 5.91 Å². The summed E-state index contributed by atoms with van der Waals surface area (Å²) in [7, 11) is 0. The number of rotatable bonds is 5. The Labute approximate surface area is 148 Å². The lowest BCUT2D eigenvalue weighted by Crippen LogP contribution is -2.50. The van der Waals surface area contributed by atoms with Crippen LogP contribution in [-0.2, 0) is 4.79 Å². The van der Waals surface area contributed by atoms with E-state index in [1.54, 1.807) is 23.4 Å². The largest absolute Gasteiger partial charge is 0.477 e. The van der Waals surface area contributed by atoms with Crippen LogP contribution in [0.25, 0.3) is 0 Å². The molecule has 0 atom stereocenters. The Morgan fingerprint density at radius 3 is 2.58 bits per heavy atom. The summed E-state index contributed by atoms with van der Waals surface area (Å²) in [6.45, 7) is 1.63. The first-order chi connectivity index (χ1) is 12.5. The van der Waals surface area contributed by atoms with Crippen LogP contribution in [0, 0.1) is 15.9 Å². The van der Waals surface area contributed by atoms with E-state index in [-0.39, 0.29) is 17.3 Å². The lowest BCUT2D eigenvalue weighted by molar-refractivity contribution is -0.385. The van der Waals surface area contributed by atoms with E-state index in [1.165, 1.54) is 0 Å². The Bertz CT molecular complexity index is 796. The van der Waals surface area contributed by atoms with Gasteiger partial charge in [0.2, 0.25) is 11.7 Å². The van der Waals surface area contributed by atoms with Crippen molar-refractivity contribution in [3.63, 3.8) is 0 Å². The standard InChI is InChI=1S/C16H16FN5O4/c17-12-2-3-13(22(24)25)14(10-12)26-11-15(23)20-6-8-21(9-7-20)16-18-4-1-5-19-16/h1-5,10H,6-9,11H2. The van der Waals surface area contributed by atoms with Gasteiger partial charge in [-0.3, -0.25) is 14.9 Å². The van der Waals surface area contributed by atoms with Crippen molar-refractivity contribution in [2.24, 2.45) is 0 Å². The number of piperazine rings is 1. The topological polar surface area (TPSA) is 102 Å². The second-order valence-corrected chi connectivity index (χ2v) is 5.57. The molecule has 2 heterocycles. The van der Waals surface area contributed by atoms with Gasteiger partial charge >= 0.3 is 5.69 Å². The predicted molar refractivity (Wildman–Crippen MR) is 89.4 cm³/mol. The molecule has 1 aliphatic heterocycles. The average Bonchev–Trinajstić information content (AvgIpc) is 2.66. The molecule has 0 radical (unpaired) electrons. The highest BCUT2D eigenvalue weighted by Crippen LogP contribution is 2.27. The molecular formula is C16H16FN5O4. The average molecular weight is 361 g/mol. The molecule has 1 saturated heterocycles. The molecule has 1 aliphatic rings. The molecule has 10 heteroatoms. The van der Waals surface area contributed by atoms with Crippen LogP contribution in [-0.4, -0.2) is 58.5 Å². The molecule has 26 heavy (non-hydrogen) atoms. The van der Waals surface area contributed by atoms with Crippen LogP contribution in [0.15, 0.2) is 36.7 Å². The lowest BCUT2D eigenvalue weighted by Gasteiger charge is -2.34. The van der Waals surface area contributed by atoms with Gasteiger partial charge in [0.15, 0.2) is 6.61 Å². The van der Waals surface area contributed by atoms with Gasteiger partial charge in [0.05, 0.1) is 4.92 Å².